The van der Waals surface area contributed by atoms with Crippen LogP contribution in [0.5, 0.6) is 17.2 Å². The maximum absolute atomic E-state index is 13.0. The van der Waals surface area contributed by atoms with Crippen LogP contribution >= 0.6 is 0 Å². The van der Waals surface area contributed by atoms with Crippen LogP contribution in [-0.4, -0.2) is 60.8 Å². The third-order valence-electron chi connectivity index (χ3n) is 5.31. The Bertz CT molecular complexity index is 1040. The number of aliphatic hydroxyl groups is 1. The van der Waals surface area contributed by atoms with Gasteiger partial charge < -0.3 is 29.3 Å². The molecule has 176 valence electrons. The molecule has 33 heavy (non-hydrogen) atoms. The van der Waals surface area contributed by atoms with Gasteiger partial charge >= 0.3 is 0 Å². The average molecular weight is 456 g/mol. The van der Waals surface area contributed by atoms with Crippen LogP contribution in [0.15, 0.2) is 48.0 Å². The third-order valence-corrected chi connectivity index (χ3v) is 5.31. The van der Waals surface area contributed by atoms with E-state index in [9.17, 15) is 19.8 Å². The van der Waals surface area contributed by atoms with Crippen molar-refractivity contribution in [3.63, 3.8) is 0 Å². The minimum absolute atomic E-state index is 0.0588. The van der Waals surface area contributed by atoms with E-state index in [2.05, 4.69) is 0 Å². The fourth-order valence-electron chi connectivity index (χ4n) is 3.65. The number of aromatic hydroxyl groups is 1. The summed E-state index contributed by atoms with van der Waals surface area (Å²) >= 11 is 0. The topological polar surface area (TPSA) is 106 Å². The summed E-state index contributed by atoms with van der Waals surface area (Å²) in [5.74, 6) is -0.734. The molecule has 0 aromatic heterocycles. The number of aliphatic hydroxyl groups excluding tert-OH is 1. The van der Waals surface area contributed by atoms with Crippen molar-refractivity contribution in [2.75, 3.05) is 34.0 Å². The van der Waals surface area contributed by atoms with Crippen LogP contribution in [0.4, 0.5) is 0 Å². The number of phenolic OH excluding ortho intramolecular Hbond substituents is 1. The van der Waals surface area contributed by atoms with Crippen LogP contribution in [0.25, 0.3) is 5.76 Å². The summed E-state index contributed by atoms with van der Waals surface area (Å²) in [5.41, 5.74) is 0.776. The van der Waals surface area contributed by atoms with Crippen LogP contribution in [0.3, 0.4) is 0 Å². The number of Topliss-reactive ketones (excluding diaryl/α,β-unsaturated/α-hetero) is 1. The number of hydrogen-bond donors (Lipinski definition) is 2. The number of carbonyl (C=O) groups is 2. The molecule has 1 saturated heterocycles. The lowest BCUT2D eigenvalue weighted by atomic mass is 9.95. The van der Waals surface area contributed by atoms with Crippen molar-refractivity contribution in [3.05, 3.63) is 59.2 Å². The Labute approximate surface area is 193 Å². The predicted molar refractivity (Wildman–Crippen MR) is 122 cm³/mol. The zero-order valence-electron chi connectivity index (χ0n) is 19.2. The Morgan fingerprint density at radius 3 is 2.36 bits per heavy atom. The highest BCUT2D eigenvalue weighted by Gasteiger charge is 2.46. The molecule has 8 nitrogen and oxygen atoms in total. The first-order valence-corrected chi connectivity index (χ1v) is 10.7. The van der Waals surface area contributed by atoms with Gasteiger partial charge in [0.25, 0.3) is 11.7 Å². The first-order chi connectivity index (χ1) is 15.8. The molecule has 2 aromatic rings. The summed E-state index contributed by atoms with van der Waals surface area (Å²) < 4.78 is 15.9. The summed E-state index contributed by atoms with van der Waals surface area (Å²) in [6.07, 6.45) is 0. The molecule has 1 heterocycles. The van der Waals surface area contributed by atoms with E-state index in [0.29, 0.717) is 29.4 Å². The molecular formula is C25H29NO7. The molecule has 3 rings (SSSR count). The van der Waals surface area contributed by atoms with Crippen LogP contribution in [0, 0.1) is 5.92 Å². The monoisotopic (exact) mass is 455 g/mol. The minimum atomic E-state index is -0.895. The molecular weight excluding hydrogens is 426 g/mol. The highest BCUT2D eigenvalue weighted by Crippen LogP contribution is 2.41. The van der Waals surface area contributed by atoms with Crippen molar-refractivity contribution in [2.24, 2.45) is 5.92 Å². The van der Waals surface area contributed by atoms with Gasteiger partial charge in [-0.3, -0.25) is 9.59 Å². The summed E-state index contributed by atoms with van der Waals surface area (Å²) in [5, 5.41) is 21.4. The van der Waals surface area contributed by atoms with Gasteiger partial charge in [-0.2, -0.15) is 0 Å². The molecule has 0 spiro atoms. The summed E-state index contributed by atoms with van der Waals surface area (Å²) in [6.45, 7) is 4.97. The number of nitrogens with zero attached hydrogens (tertiary/aromatic N) is 1. The van der Waals surface area contributed by atoms with Gasteiger partial charge in [0.15, 0.2) is 11.5 Å². The standard InChI is InChI=1S/C25H29NO7/c1-15(2)14-33-18-8-5-16(6-9-18)23(28)21-22(17-7-10-20(32-4)19(27)13-17)26(11-12-31-3)25(30)24(21)29/h5-10,13,15,22,27-28H,11-12,14H2,1-4H3/b23-21-. The predicted octanol–water partition coefficient (Wildman–Crippen LogP) is 3.50. The Morgan fingerprint density at radius 2 is 1.79 bits per heavy atom. The number of benzene rings is 2. The maximum Gasteiger partial charge on any atom is 0.295 e. The van der Waals surface area contributed by atoms with E-state index in [1.807, 2.05) is 13.8 Å². The molecule has 0 saturated carbocycles. The highest BCUT2D eigenvalue weighted by molar-refractivity contribution is 6.46. The molecule has 2 N–H and O–H groups in total. The number of methoxy groups -OCH3 is 2. The lowest BCUT2D eigenvalue weighted by Gasteiger charge is -2.25. The molecule has 0 radical (unpaired) electrons. The average Bonchev–Trinajstić information content (AvgIpc) is 3.06. The fraction of sp³-hybridized carbons (Fsp3) is 0.360. The number of phenols is 1. The first kappa shape index (κ1) is 24.1. The van der Waals surface area contributed by atoms with Crippen LogP contribution in [0.1, 0.15) is 31.0 Å². The fourth-order valence-corrected chi connectivity index (χ4v) is 3.65. The Balaban J connectivity index is 2.05. The van der Waals surface area contributed by atoms with Crippen LogP contribution in [-0.2, 0) is 14.3 Å². The Hall–Kier alpha value is -3.52. The minimum Gasteiger partial charge on any atom is -0.507 e. The van der Waals surface area contributed by atoms with Crippen LogP contribution < -0.4 is 9.47 Å². The molecule has 1 aliphatic rings. The van der Waals surface area contributed by atoms with Gasteiger partial charge in [-0.25, -0.2) is 0 Å². The lowest BCUT2D eigenvalue weighted by molar-refractivity contribution is -0.140. The summed E-state index contributed by atoms with van der Waals surface area (Å²) in [4.78, 5) is 27.1. The van der Waals surface area contributed by atoms with E-state index in [1.165, 1.54) is 25.2 Å². The van der Waals surface area contributed by atoms with Crippen molar-refractivity contribution in [3.8, 4) is 17.2 Å². The van der Waals surface area contributed by atoms with E-state index in [-0.39, 0.29) is 36.0 Å². The van der Waals surface area contributed by atoms with Gasteiger partial charge in [0.2, 0.25) is 0 Å². The summed E-state index contributed by atoms with van der Waals surface area (Å²) in [6, 6.07) is 10.4. The van der Waals surface area contributed by atoms with E-state index >= 15 is 0 Å². The SMILES string of the molecule is COCCN1C(=O)C(=O)/C(=C(\O)c2ccc(OCC(C)C)cc2)C1c1ccc(OC)c(O)c1. The quantitative estimate of drug-likeness (QED) is 0.339. The number of amides is 1. The van der Waals surface area contributed by atoms with Gasteiger partial charge in [0, 0.05) is 19.2 Å². The maximum atomic E-state index is 13.0. The normalized spacial score (nSPS) is 17.6. The van der Waals surface area contributed by atoms with E-state index in [4.69, 9.17) is 14.2 Å². The van der Waals surface area contributed by atoms with Gasteiger partial charge in [-0.1, -0.05) is 19.9 Å². The second-order valence-corrected chi connectivity index (χ2v) is 8.15. The molecule has 1 atom stereocenters. The molecule has 2 aromatic carbocycles. The molecule has 0 aliphatic carbocycles. The number of ether oxygens (including phenoxy) is 3. The largest absolute Gasteiger partial charge is 0.507 e. The van der Waals surface area contributed by atoms with Gasteiger partial charge in [0.1, 0.15) is 11.5 Å². The van der Waals surface area contributed by atoms with Crippen molar-refractivity contribution in [1.82, 2.24) is 4.90 Å². The molecule has 1 amide bonds. The highest BCUT2D eigenvalue weighted by atomic mass is 16.5. The number of likely N-dealkylation sites (tertiary alicyclic amines) is 1. The second-order valence-electron chi connectivity index (χ2n) is 8.15. The molecule has 8 heteroatoms. The third kappa shape index (κ3) is 5.12. The van der Waals surface area contributed by atoms with Gasteiger partial charge in [0.05, 0.1) is 31.9 Å². The lowest BCUT2D eigenvalue weighted by Crippen LogP contribution is -2.32. The van der Waals surface area contributed by atoms with Gasteiger partial charge in [-0.05, 0) is 47.9 Å². The smallest absolute Gasteiger partial charge is 0.295 e. The zero-order valence-corrected chi connectivity index (χ0v) is 19.2. The molecule has 0 bridgehead atoms. The van der Waals surface area contributed by atoms with Crippen molar-refractivity contribution in [1.29, 1.82) is 0 Å². The van der Waals surface area contributed by atoms with Crippen molar-refractivity contribution >= 4 is 17.4 Å². The number of ketones is 1. The number of hydrogen-bond acceptors (Lipinski definition) is 7. The van der Waals surface area contributed by atoms with Crippen LogP contribution in [0.2, 0.25) is 0 Å². The van der Waals surface area contributed by atoms with E-state index in [1.54, 1.807) is 36.4 Å². The molecule has 1 fully saturated rings. The number of rotatable bonds is 9. The van der Waals surface area contributed by atoms with E-state index < -0.39 is 17.7 Å². The molecule has 1 unspecified atom stereocenters. The van der Waals surface area contributed by atoms with Crippen molar-refractivity contribution in [2.45, 2.75) is 19.9 Å². The number of carbonyl (C=O) groups excluding carboxylic acids is 2. The zero-order chi connectivity index (χ0) is 24.1. The Kier molecular flexibility index (Phi) is 7.60. The molecule has 1 aliphatic heterocycles. The summed E-state index contributed by atoms with van der Waals surface area (Å²) in [7, 11) is 2.92. The van der Waals surface area contributed by atoms with Crippen molar-refractivity contribution < 1.29 is 34.0 Å². The Morgan fingerprint density at radius 1 is 1.09 bits per heavy atom. The van der Waals surface area contributed by atoms with Gasteiger partial charge in [-0.15, -0.1) is 0 Å². The first-order valence-electron chi connectivity index (χ1n) is 10.7. The van der Waals surface area contributed by atoms with E-state index in [0.717, 1.165) is 0 Å². The second kappa shape index (κ2) is 10.4.